The Hall–Kier alpha value is -2.90. The van der Waals surface area contributed by atoms with Gasteiger partial charge in [0.1, 0.15) is 5.82 Å². The summed E-state index contributed by atoms with van der Waals surface area (Å²) in [6, 6.07) is 8.85. The fourth-order valence-corrected chi connectivity index (χ4v) is 4.93. The Morgan fingerprint density at radius 2 is 1.78 bits per heavy atom. The number of nitrogens with zero attached hydrogens (tertiary/aromatic N) is 2. The van der Waals surface area contributed by atoms with Gasteiger partial charge in [-0.15, -0.1) is 0 Å². The third-order valence-electron chi connectivity index (χ3n) is 6.97. The number of carbonyl (C=O) groups excluding carboxylic acids is 1. The highest BCUT2D eigenvalue weighted by molar-refractivity contribution is 5.94. The van der Waals surface area contributed by atoms with Gasteiger partial charge in [-0.25, -0.2) is 9.97 Å². The van der Waals surface area contributed by atoms with Crippen LogP contribution < -0.4 is 5.32 Å². The van der Waals surface area contributed by atoms with Crippen LogP contribution in [0.3, 0.4) is 0 Å². The first kappa shape index (κ1) is 21.0. The molecule has 32 heavy (non-hydrogen) atoms. The topological polar surface area (TPSA) is 70.7 Å². The number of aromatic amines is 1. The number of alkyl halides is 3. The zero-order chi connectivity index (χ0) is 22.3. The van der Waals surface area contributed by atoms with Gasteiger partial charge < -0.3 is 10.3 Å². The molecule has 1 amide bonds. The molecule has 168 valence electrons. The van der Waals surface area contributed by atoms with Crippen LogP contribution in [0.1, 0.15) is 78.7 Å². The van der Waals surface area contributed by atoms with Gasteiger partial charge in [-0.1, -0.05) is 37.8 Å². The van der Waals surface area contributed by atoms with Crippen molar-refractivity contribution in [2.75, 3.05) is 0 Å². The molecule has 5 rings (SSSR count). The second-order valence-electron chi connectivity index (χ2n) is 9.00. The summed E-state index contributed by atoms with van der Waals surface area (Å²) in [6.45, 7) is 0. The molecule has 2 fully saturated rings. The van der Waals surface area contributed by atoms with Crippen molar-refractivity contribution < 1.29 is 18.0 Å². The van der Waals surface area contributed by atoms with E-state index in [1.165, 1.54) is 6.42 Å². The Morgan fingerprint density at radius 1 is 1.06 bits per heavy atom. The van der Waals surface area contributed by atoms with Gasteiger partial charge in [0.25, 0.3) is 5.91 Å². The lowest BCUT2D eigenvalue weighted by Crippen LogP contribution is -2.37. The van der Waals surface area contributed by atoms with Crippen LogP contribution in [0, 0.1) is 0 Å². The minimum Gasteiger partial charge on any atom is -0.349 e. The minimum absolute atomic E-state index is 0.0567. The van der Waals surface area contributed by atoms with E-state index in [-0.39, 0.29) is 23.1 Å². The SMILES string of the molecule is O=C(NC1CCCCC1)c1ccc(C2(c3nc4ncc(C(F)(F)F)cc4[nH]3)CCC2)cc1. The molecule has 0 aliphatic heterocycles. The molecule has 2 aromatic heterocycles. The molecular weight excluding hydrogens is 417 g/mol. The number of aromatic nitrogens is 3. The van der Waals surface area contributed by atoms with E-state index in [0.717, 1.165) is 62.8 Å². The van der Waals surface area contributed by atoms with Crippen molar-refractivity contribution >= 4 is 17.1 Å². The number of benzene rings is 1. The highest BCUT2D eigenvalue weighted by Gasteiger charge is 2.43. The van der Waals surface area contributed by atoms with E-state index in [4.69, 9.17) is 0 Å². The van der Waals surface area contributed by atoms with Gasteiger partial charge >= 0.3 is 6.18 Å². The van der Waals surface area contributed by atoms with E-state index >= 15 is 0 Å². The zero-order valence-electron chi connectivity index (χ0n) is 17.6. The summed E-state index contributed by atoms with van der Waals surface area (Å²) in [6.07, 6.45) is 4.66. The van der Waals surface area contributed by atoms with Crippen LogP contribution in [-0.4, -0.2) is 26.9 Å². The van der Waals surface area contributed by atoms with Crippen molar-refractivity contribution in [3.05, 3.63) is 59.0 Å². The number of fused-ring (bicyclic) bond motifs is 1. The molecule has 8 heteroatoms. The van der Waals surface area contributed by atoms with Gasteiger partial charge in [-0.2, -0.15) is 13.2 Å². The molecule has 0 spiro atoms. The summed E-state index contributed by atoms with van der Waals surface area (Å²) in [4.78, 5) is 24.2. The van der Waals surface area contributed by atoms with Crippen LogP contribution in [0.2, 0.25) is 0 Å². The molecule has 0 saturated heterocycles. The van der Waals surface area contributed by atoms with Gasteiger partial charge in [-0.3, -0.25) is 4.79 Å². The first-order chi connectivity index (χ1) is 15.3. The lowest BCUT2D eigenvalue weighted by molar-refractivity contribution is -0.137. The standard InChI is InChI=1S/C24H25F3N4O/c25-24(26,27)17-13-19-20(28-14-17)31-22(30-19)23(11-4-12-23)16-9-7-15(8-10-16)21(32)29-18-5-2-1-3-6-18/h7-10,13-14,18H,1-6,11-12H2,(H,29,32)(H,28,30,31). The Kier molecular flexibility index (Phi) is 5.18. The van der Waals surface area contributed by atoms with Crippen molar-refractivity contribution in [2.45, 2.75) is 69.0 Å². The van der Waals surface area contributed by atoms with Crippen molar-refractivity contribution in [1.82, 2.24) is 20.3 Å². The fraction of sp³-hybridized carbons (Fsp3) is 0.458. The molecule has 0 atom stereocenters. The van der Waals surface area contributed by atoms with E-state index in [2.05, 4.69) is 20.3 Å². The largest absolute Gasteiger partial charge is 0.417 e. The average molecular weight is 442 g/mol. The third kappa shape index (κ3) is 3.76. The van der Waals surface area contributed by atoms with E-state index in [9.17, 15) is 18.0 Å². The molecule has 0 unspecified atom stereocenters. The highest BCUT2D eigenvalue weighted by atomic mass is 19.4. The summed E-state index contributed by atoms with van der Waals surface area (Å²) in [5.41, 5.74) is 1.00. The molecular formula is C24H25F3N4O. The number of hydrogen-bond acceptors (Lipinski definition) is 3. The van der Waals surface area contributed by atoms with Gasteiger partial charge in [-0.05, 0) is 49.4 Å². The van der Waals surface area contributed by atoms with Crippen molar-refractivity contribution in [1.29, 1.82) is 0 Å². The monoisotopic (exact) mass is 442 g/mol. The molecule has 2 N–H and O–H groups in total. The number of nitrogens with one attached hydrogen (secondary N) is 2. The van der Waals surface area contributed by atoms with Crippen LogP contribution in [0.5, 0.6) is 0 Å². The number of pyridine rings is 1. The summed E-state index contributed by atoms with van der Waals surface area (Å²) in [5.74, 6) is 0.573. The molecule has 0 radical (unpaired) electrons. The van der Waals surface area contributed by atoms with Gasteiger partial charge in [0, 0.05) is 17.8 Å². The maximum absolute atomic E-state index is 13.0. The molecule has 2 aliphatic carbocycles. The zero-order valence-corrected chi connectivity index (χ0v) is 17.6. The van der Waals surface area contributed by atoms with Gasteiger partial charge in [0.05, 0.1) is 16.5 Å². The third-order valence-corrected chi connectivity index (χ3v) is 6.97. The lowest BCUT2D eigenvalue weighted by atomic mass is 9.64. The Balaban J connectivity index is 1.39. The number of hydrogen-bond donors (Lipinski definition) is 2. The maximum Gasteiger partial charge on any atom is 0.417 e. The summed E-state index contributed by atoms with van der Waals surface area (Å²) < 4.78 is 39.1. The maximum atomic E-state index is 13.0. The normalized spacial score (nSPS) is 19.0. The molecule has 2 heterocycles. The predicted octanol–water partition coefficient (Wildman–Crippen LogP) is 5.51. The van der Waals surface area contributed by atoms with Crippen LogP contribution in [0.15, 0.2) is 36.5 Å². The fourth-order valence-electron chi connectivity index (χ4n) is 4.93. The minimum atomic E-state index is -4.45. The van der Waals surface area contributed by atoms with Gasteiger partial charge in [0.15, 0.2) is 5.65 Å². The van der Waals surface area contributed by atoms with Crippen LogP contribution >= 0.6 is 0 Å². The molecule has 5 nitrogen and oxygen atoms in total. The quantitative estimate of drug-likeness (QED) is 0.560. The van der Waals surface area contributed by atoms with E-state index < -0.39 is 17.2 Å². The van der Waals surface area contributed by atoms with Crippen molar-refractivity contribution in [3.8, 4) is 0 Å². The Labute approximate surface area is 183 Å². The number of H-pyrrole nitrogens is 1. The number of rotatable bonds is 4. The van der Waals surface area contributed by atoms with Crippen molar-refractivity contribution in [2.24, 2.45) is 0 Å². The van der Waals surface area contributed by atoms with Gasteiger partial charge in [0.2, 0.25) is 0 Å². The van der Waals surface area contributed by atoms with Crippen LogP contribution in [-0.2, 0) is 11.6 Å². The predicted molar refractivity (Wildman–Crippen MR) is 114 cm³/mol. The summed E-state index contributed by atoms with van der Waals surface area (Å²) in [7, 11) is 0. The first-order valence-electron chi connectivity index (χ1n) is 11.2. The smallest absolute Gasteiger partial charge is 0.349 e. The number of amides is 1. The molecule has 0 bridgehead atoms. The molecule has 2 saturated carbocycles. The lowest BCUT2D eigenvalue weighted by Gasteiger charge is -2.40. The summed E-state index contributed by atoms with van der Waals surface area (Å²) in [5, 5.41) is 3.13. The number of halogens is 3. The number of carbonyl (C=O) groups is 1. The van der Waals surface area contributed by atoms with Crippen LogP contribution in [0.25, 0.3) is 11.2 Å². The summed E-state index contributed by atoms with van der Waals surface area (Å²) >= 11 is 0. The van der Waals surface area contributed by atoms with E-state index in [1.807, 2.05) is 24.3 Å². The van der Waals surface area contributed by atoms with Crippen molar-refractivity contribution in [3.63, 3.8) is 0 Å². The van der Waals surface area contributed by atoms with E-state index in [0.29, 0.717) is 11.4 Å². The number of imidazole rings is 1. The Bertz CT molecular complexity index is 1130. The van der Waals surface area contributed by atoms with Crippen LogP contribution in [0.4, 0.5) is 13.2 Å². The second kappa shape index (κ2) is 7.90. The molecule has 3 aromatic rings. The average Bonchev–Trinajstić information content (AvgIpc) is 3.17. The second-order valence-corrected chi connectivity index (χ2v) is 9.00. The highest BCUT2D eigenvalue weighted by Crippen LogP contribution is 2.48. The Morgan fingerprint density at radius 3 is 2.41 bits per heavy atom. The first-order valence-corrected chi connectivity index (χ1v) is 11.2. The molecule has 2 aliphatic rings. The molecule has 1 aromatic carbocycles. The van der Waals surface area contributed by atoms with E-state index in [1.54, 1.807) is 0 Å².